The molecule has 2 aromatic rings. The summed E-state index contributed by atoms with van der Waals surface area (Å²) >= 11 is 1.53. The average Bonchev–Trinajstić information content (AvgIpc) is 3.36. The number of nitrogens with one attached hydrogen (secondary N) is 1. The Morgan fingerprint density at radius 1 is 1.37 bits per heavy atom. The van der Waals surface area contributed by atoms with Crippen LogP contribution in [0.15, 0.2) is 21.9 Å². The van der Waals surface area contributed by atoms with Gasteiger partial charge in [0.15, 0.2) is 9.84 Å². The quantitative estimate of drug-likeness (QED) is 0.807. The smallest absolute Gasteiger partial charge is 0.236 e. The Morgan fingerprint density at radius 3 is 2.85 bits per heavy atom. The molecule has 1 amide bonds. The van der Waals surface area contributed by atoms with Gasteiger partial charge < -0.3 is 9.73 Å². The van der Waals surface area contributed by atoms with Gasteiger partial charge in [0, 0.05) is 6.04 Å². The molecule has 1 N–H and O–H groups in total. The van der Waals surface area contributed by atoms with E-state index in [1.54, 1.807) is 6.92 Å². The van der Waals surface area contributed by atoms with Crippen molar-refractivity contribution >= 4 is 27.1 Å². The standard InChI is InChI=1S/C18H23N3O4S2/c1-12-13(20-18(25-12)16-5-4-8-26-16)9-17(22)19-14-10-27(23,24)11-15(14)21-6-2-3-7-21/h4-5,8,14-15H,2-3,6-7,9-11H2,1H3,(H,19,22). The van der Waals surface area contributed by atoms with Gasteiger partial charge in [-0.1, -0.05) is 6.07 Å². The van der Waals surface area contributed by atoms with Gasteiger partial charge in [-0.05, 0) is 44.3 Å². The number of oxazole rings is 1. The third-order valence-electron chi connectivity index (χ3n) is 5.23. The molecule has 0 aliphatic carbocycles. The number of rotatable bonds is 5. The van der Waals surface area contributed by atoms with Gasteiger partial charge in [0.1, 0.15) is 5.76 Å². The molecule has 2 atom stereocenters. The number of likely N-dealkylation sites (tertiary alicyclic amines) is 1. The Hall–Kier alpha value is -1.71. The Balaban J connectivity index is 1.44. The Kier molecular flexibility index (Phi) is 5.09. The summed E-state index contributed by atoms with van der Waals surface area (Å²) in [6.45, 7) is 3.60. The lowest BCUT2D eigenvalue weighted by Gasteiger charge is -2.28. The third-order valence-corrected chi connectivity index (χ3v) is 7.81. The minimum Gasteiger partial charge on any atom is -0.440 e. The van der Waals surface area contributed by atoms with Crippen molar-refractivity contribution in [3.8, 4) is 10.8 Å². The maximum atomic E-state index is 12.6. The third kappa shape index (κ3) is 4.09. The van der Waals surface area contributed by atoms with E-state index in [0.29, 0.717) is 17.3 Å². The lowest BCUT2D eigenvalue weighted by Crippen LogP contribution is -2.50. The minimum atomic E-state index is -3.12. The first-order valence-corrected chi connectivity index (χ1v) is 11.9. The van der Waals surface area contributed by atoms with Gasteiger partial charge in [-0.3, -0.25) is 9.69 Å². The van der Waals surface area contributed by atoms with Crippen LogP contribution < -0.4 is 5.32 Å². The van der Waals surface area contributed by atoms with E-state index in [9.17, 15) is 13.2 Å². The molecule has 27 heavy (non-hydrogen) atoms. The summed E-state index contributed by atoms with van der Waals surface area (Å²) in [4.78, 5) is 20.1. The zero-order valence-corrected chi connectivity index (χ0v) is 16.8. The highest BCUT2D eigenvalue weighted by molar-refractivity contribution is 7.91. The molecule has 0 radical (unpaired) electrons. The minimum absolute atomic E-state index is 0.0121. The topological polar surface area (TPSA) is 92.5 Å². The van der Waals surface area contributed by atoms with E-state index in [1.165, 1.54) is 11.3 Å². The molecular weight excluding hydrogens is 386 g/mol. The number of carbonyl (C=O) groups is 1. The Labute approximate surface area is 162 Å². The van der Waals surface area contributed by atoms with E-state index in [0.717, 1.165) is 30.8 Å². The highest BCUT2D eigenvalue weighted by Gasteiger charge is 2.42. The number of thiophene rings is 1. The van der Waals surface area contributed by atoms with Crippen molar-refractivity contribution in [2.24, 2.45) is 0 Å². The van der Waals surface area contributed by atoms with Gasteiger partial charge in [0.25, 0.3) is 0 Å². The molecule has 146 valence electrons. The molecule has 0 saturated carbocycles. The van der Waals surface area contributed by atoms with Crippen molar-refractivity contribution in [1.82, 2.24) is 15.2 Å². The summed E-state index contributed by atoms with van der Waals surface area (Å²) < 4.78 is 29.9. The molecule has 0 aromatic carbocycles. The number of hydrogen-bond donors (Lipinski definition) is 1. The maximum Gasteiger partial charge on any atom is 0.236 e. The van der Waals surface area contributed by atoms with Crippen molar-refractivity contribution < 1.29 is 17.6 Å². The van der Waals surface area contributed by atoms with Crippen molar-refractivity contribution in [3.05, 3.63) is 29.0 Å². The molecule has 4 rings (SSSR count). The van der Waals surface area contributed by atoms with Crippen LogP contribution >= 0.6 is 11.3 Å². The largest absolute Gasteiger partial charge is 0.440 e. The molecular formula is C18H23N3O4S2. The number of amides is 1. The van der Waals surface area contributed by atoms with Gasteiger partial charge in [-0.2, -0.15) is 0 Å². The molecule has 2 fully saturated rings. The van der Waals surface area contributed by atoms with Gasteiger partial charge in [-0.15, -0.1) is 11.3 Å². The summed E-state index contributed by atoms with van der Waals surface area (Å²) in [7, 11) is -3.12. The fourth-order valence-electron chi connectivity index (χ4n) is 3.91. The number of hydrogen-bond acceptors (Lipinski definition) is 7. The predicted molar refractivity (Wildman–Crippen MR) is 103 cm³/mol. The highest BCUT2D eigenvalue weighted by Crippen LogP contribution is 2.26. The first-order chi connectivity index (χ1) is 12.9. The molecule has 0 bridgehead atoms. The maximum absolute atomic E-state index is 12.6. The second-order valence-electron chi connectivity index (χ2n) is 7.24. The van der Waals surface area contributed by atoms with Crippen LogP contribution in [0, 0.1) is 6.92 Å². The molecule has 2 unspecified atom stereocenters. The second kappa shape index (κ2) is 7.37. The van der Waals surface area contributed by atoms with Crippen molar-refractivity contribution in [1.29, 1.82) is 0 Å². The molecule has 2 aliphatic rings. The zero-order valence-electron chi connectivity index (χ0n) is 15.2. The van der Waals surface area contributed by atoms with Crippen LogP contribution in [0.5, 0.6) is 0 Å². The summed E-state index contributed by atoms with van der Waals surface area (Å²) in [5.41, 5.74) is 0.592. The summed E-state index contributed by atoms with van der Waals surface area (Å²) in [6, 6.07) is 3.36. The van der Waals surface area contributed by atoms with Crippen molar-refractivity contribution in [3.63, 3.8) is 0 Å². The molecule has 7 nitrogen and oxygen atoms in total. The number of carbonyl (C=O) groups excluding carboxylic acids is 1. The molecule has 2 saturated heterocycles. The fraction of sp³-hybridized carbons (Fsp3) is 0.556. The number of sulfone groups is 1. The van der Waals surface area contributed by atoms with Crippen LogP contribution in [0.1, 0.15) is 24.3 Å². The van der Waals surface area contributed by atoms with Crippen LogP contribution in [0.4, 0.5) is 0 Å². The lowest BCUT2D eigenvalue weighted by molar-refractivity contribution is -0.121. The van der Waals surface area contributed by atoms with E-state index < -0.39 is 9.84 Å². The van der Waals surface area contributed by atoms with Gasteiger partial charge >= 0.3 is 0 Å². The molecule has 2 aliphatic heterocycles. The Morgan fingerprint density at radius 2 is 2.15 bits per heavy atom. The van der Waals surface area contributed by atoms with Crippen LogP contribution in [0.3, 0.4) is 0 Å². The van der Waals surface area contributed by atoms with E-state index in [2.05, 4.69) is 15.2 Å². The average molecular weight is 410 g/mol. The first kappa shape index (κ1) is 18.6. The van der Waals surface area contributed by atoms with Gasteiger partial charge in [-0.25, -0.2) is 13.4 Å². The zero-order chi connectivity index (χ0) is 19.0. The summed E-state index contributed by atoms with van der Waals surface area (Å²) in [5.74, 6) is 1.06. The molecule has 4 heterocycles. The summed E-state index contributed by atoms with van der Waals surface area (Å²) in [6.07, 6.45) is 2.26. The van der Waals surface area contributed by atoms with E-state index in [4.69, 9.17) is 4.42 Å². The molecule has 0 spiro atoms. The number of aromatic nitrogens is 1. The first-order valence-electron chi connectivity index (χ1n) is 9.15. The molecule has 9 heteroatoms. The van der Waals surface area contributed by atoms with E-state index in [-0.39, 0.29) is 35.9 Å². The predicted octanol–water partition coefficient (Wildman–Crippen LogP) is 1.63. The van der Waals surface area contributed by atoms with Gasteiger partial charge in [0.2, 0.25) is 11.8 Å². The highest BCUT2D eigenvalue weighted by atomic mass is 32.2. The Bertz CT molecular complexity index is 915. The fourth-order valence-corrected chi connectivity index (χ4v) is 6.51. The molecule has 2 aromatic heterocycles. The monoisotopic (exact) mass is 409 g/mol. The van der Waals surface area contributed by atoms with Crippen LogP contribution in [-0.2, 0) is 21.1 Å². The van der Waals surface area contributed by atoms with Crippen molar-refractivity contribution in [2.75, 3.05) is 24.6 Å². The number of aryl methyl sites for hydroxylation is 1. The van der Waals surface area contributed by atoms with Crippen LogP contribution in [0.2, 0.25) is 0 Å². The van der Waals surface area contributed by atoms with Gasteiger partial charge in [0.05, 0.1) is 34.5 Å². The van der Waals surface area contributed by atoms with E-state index >= 15 is 0 Å². The van der Waals surface area contributed by atoms with Crippen LogP contribution in [0.25, 0.3) is 10.8 Å². The SMILES string of the molecule is Cc1oc(-c2cccs2)nc1CC(=O)NC1CS(=O)(=O)CC1N1CCCC1. The van der Waals surface area contributed by atoms with E-state index in [1.807, 2.05) is 17.5 Å². The second-order valence-corrected chi connectivity index (χ2v) is 10.3. The summed E-state index contributed by atoms with van der Waals surface area (Å²) in [5, 5.41) is 4.89. The van der Waals surface area contributed by atoms with Crippen molar-refractivity contribution in [2.45, 2.75) is 38.3 Å². The van der Waals surface area contributed by atoms with Crippen LogP contribution in [-0.4, -0.2) is 60.9 Å². The lowest BCUT2D eigenvalue weighted by atomic mass is 10.1. The normalized spacial score (nSPS) is 25.1. The number of nitrogens with zero attached hydrogens (tertiary/aromatic N) is 2.